The largest absolute Gasteiger partial charge is 0.477 e. The molecule has 0 amide bonds. The van der Waals surface area contributed by atoms with Crippen LogP contribution in [0.3, 0.4) is 0 Å². The SMILES string of the molecule is C=C(Nc1ccccc1P(C)(C)=O)/C(Cl)=C\N=C(Nc1cc(C)c2c(c1)OCC1=CN(C3CCOCC3)CC[N+]12C)C(C)C. The Morgan fingerprint density at radius 3 is 2.64 bits per heavy atom. The molecule has 44 heavy (non-hydrogen) atoms. The monoisotopic (exact) mass is 638 g/mol. The molecule has 236 valence electrons. The maximum atomic E-state index is 12.8. The molecule has 3 heterocycles. The van der Waals surface area contributed by atoms with Crippen molar-refractivity contribution in [2.75, 3.05) is 63.9 Å². The van der Waals surface area contributed by atoms with E-state index in [0.717, 1.165) is 71.9 Å². The van der Waals surface area contributed by atoms with Gasteiger partial charge < -0.3 is 29.6 Å². The summed E-state index contributed by atoms with van der Waals surface area (Å²) in [7, 11) is -0.177. The van der Waals surface area contributed by atoms with Gasteiger partial charge in [-0.2, -0.15) is 0 Å². The van der Waals surface area contributed by atoms with E-state index in [1.807, 2.05) is 24.3 Å². The van der Waals surface area contributed by atoms with Gasteiger partial charge in [-0.1, -0.05) is 44.2 Å². The predicted molar refractivity (Wildman–Crippen MR) is 186 cm³/mol. The minimum absolute atomic E-state index is 0.110. The number of fused-ring (bicyclic) bond motifs is 3. The molecule has 2 aromatic rings. The summed E-state index contributed by atoms with van der Waals surface area (Å²) in [6.45, 7) is 18.2. The minimum Gasteiger partial charge on any atom is -0.477 e. The minimum atomic E-state index is -2.48. The zero-order valence-electron chi connectivity index (χ0n) is 26.8. The summed E-state index contributed by atoms with van der Waals surface area (Å²) in [5.74, 6) is 1.78. The highest BCUT2D eigenvalue weighted by Gasteiger charge is 2.43. The lowest BCUT2D eigenvalue weighted by molar-refractivity contribution is 0.0426. The third-order valence-electron chi connectivity index (χ3n) is 8.74. The van der Waals surface area contributed by atoms with Crippen LogP contribution in [0.25, 0.3) is 0 Å². The van der Waals surface area contributed by atoms with Gasteiger partial charge in [0.15, 0.2) is 23.7 Å². The molecule has 3 aliphatic rings. The Bertz CT molecular complexity index is 1560. The standard InChI is InChI=1S/C34H46ClN5O3P/c1-23(2)34(36-20-29(35)25(4)37-30-10-8-9-11-32(30)44(6,7)41)38-26-18-24(3)33-31(19-26)43-22-28-21-39(14-15-40(28,33)5)27-12-16-42-17-13-27/h8-11,18-21,23,27,37H,4,12-17,22H2,1-3,5-7H3,(H,36,38)/q+1/b29-20+. The molecule has 0 spiro atoms. The van der Waals surface area contributed by atoms with E-state index >= 15 is 0 Å². The first-order valence-electron chi connectivity index (χ1n) is 15.4. The second kappa shape index (κ2) is 13.1. The van der Waals surface area contributed by atoms with Crippen LogP contribution >= 0.6 is 18.7 Å². The second-order valence-electron chi connectivity index (χ2n) is 12.8. The van der Waals surface area contributed by atoms with Gasteiger partial charge in [-0.25, -0.2) is 4.99 Å². The fourth-order valence-electron chi connectivity index (χ4n) is 6.24. The van der Waals surface area contributed by atoms with Gasteiger partial charge in [0.2, 0.25) is 0 Å². The lowest BCUT2D eigenvalue weighted by Crippen LogP contribution is -2.57. The molecule has 3 aliphatic heterocycles. The summed E-state index contributed by atoms with van der Waals surface area (Å²) < 4.78 is 25.5. The number of nitrogens with zero attached hydrogens (tertiary/aromatic N) is 3. The van der Waals surface area contributed by atoms with Gasteiger partial charge in [-0.15, -0.1) is 0 Å². The summed E-state index contributed by atoms with van der Waals surface area (Å²) in [5, 5.41) is 7.85. The fourth-order valence-corrected chi connectivity index (χ4v) is 7.50. The molecule has 1 fully saturated rings. The molecule has 1 atom stereocenters. The molecule has 1 unspecified atom stereocenters. The number of nitrogens with one attached hydrogen (secondary N) is 2. The number of aliphatic imine (C=N–C) groups is 1. The Morgan fingerprint density at radius 2 is 1.93 bits per heavy atom. The summed E-state index contributed by atoms with van der Waals surface area (Å²) in [4.78, 5) is 7.22. The first-order chi connectivity index (χ1) is 20.9. The number of para-hydroxylation sites is 1. The molecule has 0 aromatic heterocycles. The highest BCUT2D eigenvalue weighted by Crippen LogP contribution is 2.46. The first-order valence-corrected chi connectivity index (χ1v) is 18.3. The van der Waals surface area contributed by atoms with Crippen LogP contribution in [0.1, 0.15) is 32.3 Å². The Hall–Kier alpha value is -3.03. The van der Waals surface area contributed by atoms with Crippen molar-refractivity contribution in [2.45, 2.75) is 39.7 Å². The number of hydrogen-bond acceptors (Lipinski definition) is 6. The van der Waals surface area contributed by atoms with Gasteiger partial charge in [0.25, 0.3) is 0 Å². The molecule has 0 aliphatic carbocycles. The Kier molecular flexibility index (Phi) is 9.66. The van der Waals surface area contributed by atoms with Crippen molar-refractivity contribution < 1.29 is 14.0 Å². The Morgan fingerprint density at radius 1 is 1.20 bits per heavy atom. The van der Waals surface area contributed by atoms with E-state index in [2.05, 4.69) is 68.3 Å². The smallest absolute Gasteiger partial charge is 0.183 e. The molecule has 8 nitrogen and oxygen atoms in total. The van der Waals surface area contributed by atoms with Crippen LogP contribution in [0.2, 0.25) is 0 Å². The van der Waals surface area contributed by atoms with Gasteiger partial charge in [-0.05, 0) is 51.3 Å². The van der Waals surface area contributed by atoms with E-state index in [1.54, 1.807) is 19.5 Å². The van der Waals surface area contributed by atoms with Crippen molar-refractivity contribution in [3.63, 3.8) is 0 Å². The van der Waals surface area contributed by atoms with Crippen molar-refractivity contribution in [1.29, 1.82) is 0 Å². The van der Waals surface area contributed by atoms with Crippen LogP contribution in [0.4, 0.5) is 17.1 Å². The zero-order chi connectivity index (χ0) is 31.6. The number of aryl methyl sites for hydroxylation is 1. The zero-order valence-corrected chi connectivity index (χ0v) is 28.5. The number of quaternary nitrogens is 1. The van der Waals surface area contributed by atoms with E-state index in [9.17, 15) is 4.57 Å². The fraction of sp³-hybridized carbons (Fsp3) is 0.441. The highest BCUT2D eigenvalue weighted by atomic mass is 35.5. The van der Waals surface area contributed by atoms with Gasteiger partial charge in [0.05, 0.1) is 30.5 Å². The molecule has 2 aromatic carbocycles. The first kappa shape index (κ1) is 32.4. The topological polar surface area (TPSA) is 75.2 Å². The second-order valence-corrected chi connectivity index (χ2v) is 16.4. The van der Waals surface area contributed by atoms with Crippen LogP contribution < -0.4 is 25.2 Å². The molecular weight excluding hydrogens is 593 g/mol. The van der Waals surface area contributed by atoms with E-state index in [4.69, 9.17) is 26.1 Å². The Balaban J connectivity index is 1.34. The van der Waals surface area contributed by atoms with Gasteiger partial charge in [0, 0.05) is 59.7 Å². The van der Waals surface area contributed by atoms with Crippen molar-refractivity contribution in [2.24, 2.45) is 10.9 Å². The third kappa shape index (κ3) is 6.94. The van der Waals surface area contributed by atoms with Crippen LogP contribution in [0, 0.1) is 12.8 Å². The van der Waals surface area contributed by atoms with E-state index in [-0.39, 0.29) is 5.92 Å². The molecule has 1 saturated heterocycles. The molecular formula is C34H46ClN5O3P+. The van der Waals surface area contributed by atoms with E-state index in [1.165, 1.54) is 16.9 Å². The molecule has 0 bridgehead atoms. The number of halogens is 1. The van der Waals surface area contributed by atoms with Gasteiger partial charge in [-0.3, -0.25) is 4.48 Å². The number of hydrogen-bond donors (Lipinski definition) is 2. The van der Waals surface area contributed by atoms with Crippen LogP contribution in [-0.4, -0.2) is 70.1 Å². The maximum Gasteiger partial charge on any atom is 0.183 e. The van der Waals surface area contributed by atoms with Crippen LogP contribution in [0.15, 0.2) is 76.8 Å². The van der Waals surface area contributed by atoms with E-state index < -0.39 is 7.14 Å². The third-order valence-corrected chi connectivity index (χ3v) is 10.6. The van der Waals surface area contributed by atoms with Crippen molar-refractivity contribution in [3.05, 3.63) is 77.4 Å². The van der Waals surface area contributed by atoms with Gasteiger partial charge in [0.1, 0.15) is 19.5 Å². The summed E-state index contributed by atoms with van der Waals surface area (Å²) >= 11 is 6.62. The van der Waals surface area contributed by atoms with Crippen molar-refractivity contribution in [1.82, 2.24) is 9.38 Å². The number of amidine groups is 1. The molecule has 10 heteroatoms. The van der Waals surface area contributed by atoms with Crippen molar-refractivity contribution in [3.8, 4) is 5.75 Å². The average molecular weight is 639 g/mol. The summed E-state index contributed by atoms with van der Waals surface area (Å²) in [6.07, 6.45) is 6.11. The predicted octanol–water partition coefficient (Wildman–Crippen LogP) is 7.08. The van der Waals surface area contributed by atoms with Crippen molar-refractivity contribution >= 4 is 46.9 Å². The number of anilines is 2. The van der Waals surface area contributed by atoms with E-state index in [0.29, 0.717) is 23.4 Å². The molecule has 2 N–H and O–H groups in total. The number of rotatable bonds is 8. The summed E-state index contributed by atoms with van der Waals surface area (Å²) in [5.41, 5.74) is 5.82. The quantitative estimate of drug-likeness (QED) is 0.106. The maximum absolute atomic E-state index is 12.8. The van der Waals surface area contributed by atoms with Crippen LogP contribution in [-0.2, 0) is 9.30 Å². The normalized spacial score (nSPS) is 21.3. The summed E-state index contributed by atoms with van der Waals surface area (Å²) in [6, 6.07) is 12.3. The average Bonchev–Trinajstić information content (AvgIpc) is 2.98. The highest BCUT2D eigenvalue weighted by molar-refractivity contribution is 7.70. The Labute approximate surface area is 267 Å². The van der Waals surface area contributed by atoms with Gasteiger partial charge >= 0.3 is 0 Å². The number of likely N-dealkylation sites (N-methyl/N-ethyl adjacent to an activating group) is 1. The van der Waals surface area contributed by atoms with Crippen LogP contribution in [0.5, 0.6) is 5.75 Å². The lowest BCUT2D eigenvalue weighted by Gasteiger charge is -2.47. The lowest BCUT2D eigenvalue weighted by atomic mass is 10.0. The molecule has 5 rings (SSSR count). The number of benzene rings is 2. The number of allylic oxidation sites excluding steroid dienone is 1. The number of ether oxygens (including phenoxy) is 2. The molecule has 0 radical (unpaired) electrons. The molecule has 0 saturated carbocycles.